The first-order chi connectivity index (χ1) is 25.5. The first-order valence-corrected chi connectivity index (χ1v) is 17.8. The number of fused-ring (bicyclic) bond motifs is 11. The van der Waals surface area contributed by atoms with E-state index in [2.05, 4.69) is 134 Å². The summed E-state index contributed by atoms with van der Waals surface area (Å²) in [6, 6.07) is 56.0. The molecule has 0 fully saturated rings. The summed E-state index contributed by atoms with van der Waals surface area (Å²) in [5.41, 5.74) is 12.8. The molecule has 0 amide bonds. The average Bonchev–Trinajstić information content (AvgIpc) is 3.85. The van der Waals surface area contributed by atoms with Crippen molar-refractivity contribution in [2.75, 3.05) is 4.90 Å². The number of rotatable bonds is 4. The second kappa shape index (κ2) is 10.7. The van der Waals surface area contributed by atoms with Crippen LogP contribution in [0.15, 0.2) is 167 Å². The van der Waals surface area contributed by atoms with E-state index in [0.29, 0.717) is 5.89 Å². The molecule has 2 heterocycles. The van der Waals surface area contributed by atoms with Gasteiger partial charge in [0.15, 0.2) is 5.58 Å². The van der Waals surface area contributed by atoms with Crippen LogP contribution in [0.4, 0.5) is 17.1 Å². The van der Waals surface area contributed by atoms with Gasteiger partial charge in [0, 0.05) is 44.2 Å². The quantitative estimate of drug-likeness (QED) is 0.187. The Morgan fingerprint density at radius 2 is 1.23 bits per heavy atom. The molecule has 4 heteroatoms. The Bertz CT molecular complexity index is 3040. The van der Waals surface area contributed by atoms with E-state index in [1.54, 1.807) is 0 Å². The lowest BCUT2D eigenvalue weighted by Crippen LogP contribution is -2.15. The molecule has 0 aliphatic heterocycles. The number of aromatic nitrogens is 1. The maximum atomic E-state index is 6.46. The highest BCUT2D eigenvalue weighted by molar-refractivity contribution is 6.10. The molecular weight excluding hydrogens is 637 g/mol. The molecule has 0 bridgehead atoms. The molecule has 1 aliphatic carbocycles. The van der Waals surface area contributed by atoms with Crippen molar-refractivity contribution in [1.82, 2.24) is 4.98 Å². The van der Waals surface area contributed by atoms with Gasteiger partial charge in [-0.1, -0.05) is 86.6 Å². The topological polar surface area (TPSA) is 42.4 Å². The fourth-order valence-corrected chi connectivity index (χ4v) is 8.57. The van der Waals surface area contributed by atoms with Crippen LogP contribution in [-0.4, -0.2) is 4.98 Å². The number of nitrogens with zero attached hydrogens (tertiary/aromatic N) is 2. The Kier molecular flexibility index (Phi) is 5.98. The van der Waals surface area contributed by atoms with Crippen molar-refractivity contribution in [2.45, 2.75) is 19.3 Å². The third kappa shape index (κ3) is 4.18. The van der Waals surface area contributed by atoms with E-state index >= 15 is 0 Å². The summed E-state index contributed by atoms with van der Waals surface area (Å²) in [6.07, 6.45) is 0. The molecule has 8 aromatic carbocycles. The van der Waals surface area contributed by atoms with Crippen LogP contribution in [-0.2, 0) is 5.41 Å². The van der Waals surface area contributed by atoms with Gasteiger partial charge in [0.1, 0.15) is 16.7 Å². The van der Waals surface area contributed by atoms with Gasteiger partial charge >= 0.3 is 0 Å². The maximum absolute atomic E-state index is 6.46. The molecule has 0 saturated heterocycles. The van der Waals surface area contributed by atoms with E-state index in [-0.39, 0.29) is 5.41 Å². The van der Waals surface area contributed by atoms with E-state index in [4.69, 9.17) is 13.8 Å². The zero-order valence-corrected chi connectivity index (χ0v) is 28.7. The van der Waals surface area contributed by atoms with E-state index in [1.807, 2.05) is 42.5 Å². The molecular formula is C48H32N2O2. The highest BCUT2D eigenvalue weighted by Crippen LogP contribution is 2.53. The Labute approximate surface area is 300 Å². The van der Waals surface area contributed by atoms with Crippen molar-refractivity contribution in [2.24, 2.45) is 0 Å². The summed E-state index contributed by atoms with van der Waals surface area (Å²) in [7, 11) is 0. The predicted octanol–water partition coefficient (Wildman–Crippen LogP) is 13.5. The van der Waals surface area contributed by atoms with E-state index < -0.39 is 0 Å². The van der Waals surface area contributed by atoms with Crippen LogP contribution in [0.1, 0.15) is 25.0 Å². The predicted molar refractivity (Wildman–Crippen MR) is 214 cm³/mol. The molecule has 0 spiro atoms. The van der Waals surface area contributed by atoms with E-state index in [0.717, 1.165) is 61.1 Å². The van der Waals surface area contributed by atoms with Gasteiger partial charge < -0.3 is 13.7 Å². The largest absolute Gasteiger partial charge is 0.456 e. The van der Waals surface area contributed by atoms with Crippen LogP contribution in [0, 0.1) is 0 Å². The van der Waals surface area contributed by atoms with Gasteiger partial charge in [-0.3, -0.25) is 0 Å². The van der Waals surface area contributed by atoms with Crippen LogP contribution < -0.4 is 4.90 Å². The fourth-order valence-electron chi connectivity index (χ4n) is 8.57. The van der Waals surface area contributed by atoms with Crippen molar-refractivity contribution in [1.29, 1.82) is 0 Å². The van der Waals surface area contributed by atoms with Gasteiger partial charge in [0.2, 0.25) is 5.89 Å². The molecule has 1 aliphatic rings. The molecule has 0 saturated carbocycles. The van der Waals surface area contributed by atoms with Crippen LogP contribution in [0.5, 0.6) is 0 Å². The molecule has 52 heavy (non-hydrogen) atoms. The lowest BCUT2D eigenvalue weighted by molar-refractivity contribution is 0.623. The van der Waals surface area contributed by atoms with Crippen LogP contribution >= 0.6 is 0 Å². The Morgan fingerprint density at radius 3 is 2.10 bits per heavy atom. The SMILES string of the molecule is CC1(C)c2cc3ccc(N(c4ccccc4)c4ccc5oc6ccccc6c5c4)cc3cc2-c2ccc3c(ccc4nc(-c5ccccc5)oc43)c21. The monoisotopic (exact) mass is 668 g/mol. The number of benzene rings is 8. The van der Waals surface area contributed by atoms with Crippen molar-refractivity contribution < 1.29 is 8.83 Å². The van der Waals surface area contributed by atoms with E-state index in [1.165, 1.54) is 38.4 Å². The summed E-state index contributed by atoms with van der Waals surface area (Å²) in [6.45, 7) is 4.70. The lowest BCUT2D eigenvalue weighted by atomic mass is 9.80. The highest BCUT2D eigenvalue weighted by atomic mass is 16.3. The molecule has 0 radical (unpaired) electrons. The smallest absolute Gasteiger partial charge is 0.227 e. The number of furan rings is 1. The number of hydrogen-bond acceptors (Lipinski definition) is 4. The fraction of sp³-hybridized carbons (Fsp3) is 0.0625. The van der Waals surface area contributed by atoms with Gasteiger partial charge in [-0.05, 0) is 123 Å². The summed E-state index contributed by atoms with van der Waals surface area (Å²) in [5, 5.41) is 6.97. The Hall–Kier alpha value is -6.65. The van der Waals surface area contributed by atoms with Crippen LogP contribution in [0.3, 0.4) is 0 Å². The third-order valence-electron chi connectivity index (χ3n) is 11.0. The number of oxazole rings is 1. The Morgan fingerprint density at radius 1 is 0.500 bits per heavy atom. The molecule has 0 atom stereocenters. The van der Waals surface area contributed by atoms with Crippen LogP contribution in [0.2, 0.25) is 0 Å². The summed E-state index contributed by atoms with van der Waals surface area (Å²) in [4.78, 5) is 7.19. The van der Waals surface area contributed by atoms with Crippen molar-refractivity contribution >= 4 is 71.6 Å². The third-order valence-corrected chi connectivity index (χ3v) is 11.0. The zero-order valence-electron chi connectivity index (χ0n) is 28.7. The molecule has 246 valence electrons. The second-order valence-corrected chi connectivity index (χ2v) is 14.4. The minimum atomic E-state index is -0.203. The molecule has 4 nitrogen and oxygen atoms in total. The minimum Gasteiger partial charge on any atom is -0.456 e. The summed E-state index contributed by atoms with van der Waals surface area (Å²) < 4.78 is 12.6. The Balaban J connectivity index is 1.07. The van der Waals surface area contributed by atoms with Crippen molar-refractivity contribution in [3.05, 3.63) is 169 Å². The van der Waals surface area contributed by atoms with Crippen molar-refractivity contribution in [3.8, 4) is 22.6 Å². The summed E-state index contributed by atoms with van der Waals surface area (Å²) >= 11 is 0. The standard InChI is InChI=1S/C48H32N2O2/c1-48(2)41-27-30-17-18-33(50(32-13-7-4-8-14-32)34-19-24-44-40(28-34)35-15-9-10-16-43(35)51-44)25-31(30)26-39(41)37-20-21-38-36(45(37)48)22-23-42-46(38)52-47(49-42)29-11-5-3-6-12-29/h3-28H,1-2H3. The number of anilines is 3. The zero-order chi connectivity index (χ0) is 34.6. The lowest BCUT2D eigenvalue weighted by Gasteiger charge is -2.26. The molecule has 0 N–H and O–H groups in total. The highest BCUT2D eigenvalue weighted by Gasteiger charge is 2.37. The molecule has 2 aromatic heterocycles. The molecule has 0 unspecified atom stereocenters. The first-order valence-electron chi connectivity index (χ1n) is 17.8. The molecule has 11 rings (SSSR count). The van der Waals surface area contributed by atoms with Gasteiger partial charge in [0.05, 0.1) is 0 Å². The average molecular weight is 669 g/mol. The first kappa shape index (κ1) is 29.1. The second-order valence-electron chi connectivity index (χ2n) is 14.4. The summed E-state index contributed by atoms with van der Waals surface area (Å²) in [5.74, 6) is 0.649. The number of para-hydroxylation sites is 2. The van der Waals surface area contributed by atoms with Crippen LogP contribution in [0.25, 0.3) is 77.2 Å². The van der Waals surface area contributed by atoms with Gasteiger partial charge in [-0.15, -0.1) is 0 Å². The van der Waals surface area contributed by atoms with Gasteiger partial charge in [-0.25, -0.2) is 4.98 Å². The van der Waals surface area contributed by atoms with Gasteiger partial charge in [0.25, 0.3) is 0 Å². The van der Waals surface area contributed by atoms with Gasteiger partial charge in [-0.2, -0.15) is 0 Å². The minimum absolute atomic E-state index is 0.203. The van der Waals surface area contributed by atoms with Crippen molar-refractivity contribution in [3.63, 3.8) is 0 Å². The van der Waals surface area contributed by atoms with E-state index in [9.17, 15) is 0 Å². The normalized spacial score (nSPS) is 13.3. The maximum Gasteiger partial charge on any atom is 0.227 e. The molecule has 10 aromatic rings. The number of hydrogen-bond donors (Lipinski definition) is 0.